The molecule has 0 aliphatic heterocycles. The van der Waals surface area contributed by atoms with Crippen molar-refractivity contribution in [3.63, 3.8) is 0 Å². The maximum Gasteiger partial charge on any atom is 0.254 e. The van der Waals surface area contributed by atoms with Gasteiger partial charge in [-0.1, -0.05) is 12.1 Å². The molecule has 0 bridgehead atoms. The zero-order valence-electron chi connectivity index (χ0n) is 11.4. The third-order valence-corrected chi connectivity index (χ3v) is 3.12. The normalized spacial score (nSPS) is 11.5. The SMILES string of the molecule is CC(NC(=O)c1cc(N)ccc1F)c1ccc(C#N)cc1. The molecular weight excluding hydrogens is 269 g/mol. The molecule has 0 spiro atoms. The van der Waals surface area contributed by atoms with Crippen molar-refractivity contribution in [3.05, 3.63) is 65.0 Å². The number of hydrogen-bond donors (Lipinski definition) is 2. The van der Waals surface area contributed by atoms with E-state index in [1.807, 2.05) is 6.07 Å². The van der Waals surface area contributed by atoms with E-state index in [4.69, 9.17) is 11.0 Å². The van der Waals surface area contributed by atoms with Crippen molar-refractivity contribution in [3.8, 4) is 6.07 Å². The number of nitriles is 1. The second-order valence-corrected chi connectivity index (χ2v) is 4.67. The zero-order valence-corrected chi connectivity index (χ0v) is 11.4. The molecule has 0 radical (unpaired) electrons. The van der Waals surface area contributed by atoms with Crippen LogP contribution in [0.1, 0.15) is 34.5 Å². The standard InChI is InChI=1S/C16H14FN3O/c1-10(12-4-2-11(9-18)3-5-12)20-16(21)14-8-13(19)6-7-15(14)17/h2-8,10H,19H2,1H3,(H,20,21). The summed E-state index contributed by atoms with van der Waals surface area (Å²) in [5.41, 5.74) is 7.17. The van der Waals surface area contributed by atoms with Gasteiger partial charge in [0, 0.05) is 5.69 Å². The lowest BCUT2D eigenvalue weighted by Gasteiger charge is -2.15. The number of nitrogens with two attached hydrogens (primary N) is 1. The highest BCUT2D eigenvalue weighted by atomic mass is 19.1. The number of nitrogens with one attached hydrogen (secondary N) is 1. The van der Waals surface area contributed by atoms with Gasteiger partial charge in [-0.25, -0.2) is 4.39 Å². The van der Waals surface area contributed by atoms with Crippen molar-refractivity contribution in [2.45, 2.75) is 13.0 Å². The molecule has 1 amide bonds. The number of halogens is 1. The lowest BCUT2D eigenvalue weighted by molar-refractivity contribution is 0.0936. The maximum absolute atomic E-state index is 13.6. The minimum Gasteiger partial charge on any atom is -0.399 e. The van der Waals surface area contributed by atoms with E-state index >= 15 is 0 Å². The molecule has 0 saturated heterocycles. The fourth-order valence-electron chi connectivity index (χ4n) is 1.92. The van der Waals surface area contributed by atoms with E-state index in [1.54, 1.807) is 31.2 Å². The van der Waals surface area contributed by atoms with Crippen LogP contribution in [0.3, 0.4) is 0 Å². The Morgan fingerprint density at radius 1 is 1.29 bits per heavy atom. The van der Waals surface area contributed by atoms with Crippen LogP contribution in [0, 0.1) is 17.1 Å². The lowest BCUT2D eigenvalue weighted by Crippen LogP contribution is -2.27. The first-order valence-electron chi connectivity index (χ1n) is 6.37. The van der Waals surface area contributed by atoms with E-state index in [-0.39, 0.29) is 11.6 Å². The molecule has 0 fully saturated rings. The molecule has 2 aromatic rings. The highest BCUT2D eigenvalue weighted by molar-refractivity contribution is 5.95. The van der Waals surface area contributed by atoms with Gasteiger partial charge < -0.3 is 11.1 Å². The van der Waals surface area contributed by atoms with Gasteiger partial charge in [0.1, 0.15) is 5.82 Å². The van der Waals surface area contributed by atoms with Crippen LogP contribution in [0.4, 0.5) is 10.1 Å². The molecule has 1 unspecified atom stereocenters. The Hall–Kier alpha value is -2.87. The van der Waals surface area contributed by atoms with E-state index in [2.05, 4.69) is 5.32 Å². The summed E-state index contributed by atoms with van der Waals surface area (Å²) >= 11 is 0. The maximum atomic E-state index is 13.6. The average molecular weight is 283 g/mol. The van der Waals surface area contributed by atoms with Crippen molar-refractivity contribution in [2.75, 3.05) is 5.73 Å². The molecule has 0 aliphatic carbocycles. The predicted molar refractivity (Wildman–Crippen MR) is 77.9 cm³/mol. The molecule has 3 N–H and O–H groups in total. The Morgan fingerprint density at radius 2 is 1.95 bits per heavy atom. The van der Waals surface area contributed by atoms with Crippen molar-refractivity contribution in [2.24, 2.45) is 0 Å². The van der Waals surface area contributed by atoms with Crippen LogP contribution in [0.5, 0.6) is 0 Å². The van der Waals surface area contributed by atoms with E-state index in [9.17, 15) is 9.18 Å². The Balaban J connectivity index is 2.14. The first kappa shape index (κ1) is 14.5. The number of rotatable bonds is 3. The van der Waals surface area contributed by atoms with Crippen LogP contribution in [-0.4, -0.2) is 5.91 Å². The molecule has 0 aromatic heterocycles. The summed E-state index contributed by atoms with van der Waals surface area (Å²) in [6.07, 6.45) is 0. The summed E-state index contributed by atoms with van der Waals surface area (Å²) in [6.45, 7) is 1.78. The molecule has 2 aromatic carbocycles. The molecule has 0 heterocycles. The van der Waals surface area contributed by atoms with Crippen molar-refractivity contribution >= 4 is 11.6 Å². The Morgan fingerprint density at radius 3 is 2.57 bits per heavy atom. The van der Waals surface area contributed by atoms with E-state index < -0.39 is 11.7 Å². The minimum atomic E-state index is -0.617. The molecular formula is C16H14FN3O. The molecule has 2 rings (SSSR count). The number of nitrogens with zero attached hydrogens (tertiary/aromatic N) is 1. The summed E-state index contributed by atoms with van der Waals surface area (Å²) < 4.78 is 13.6. The van der Waals surface area contributed by atoms with E-state index in [1.165, 1.54) is 12.1 Å². The largest absolute Gasteiger partial charge is 0.399 e. The van der Waals surface area contributed by atoms with Gasteiger partial charge in [0.15, 0.2) is 0 Å². The van der Waals surface area contributed by atoms with Gasteiger partial charge in [-0.3, -0.25) is 4.79 Å². The third kappa shape index (κ3) is 3.37. The highest BCUT2D eigenvalue weighted by Crippen LogP contribution is 2.16. The van der Waals surface area contributed by atoms with Gasteiger partial charge in [-0.05, 0) is 42.8 Å². The van der Waals surface area contributed by atoms with Gasteiger partial charge in [0.05, 0.1) is 23.2 Å². The molecule has 0 aliphatic rings. The molecule has 1 atom stereocenters. The zero-order chi connectivity index (χ0) is 15.4. The summed E-state index contributed by atoms with van der Waals surface area (Å²) in [7, 11) is 0. The summed E-state index contributed by atoms with van der Waals surface area (Å²) in [6, 6.07) is 12.4. The summed E-state index contributed by atoms with van der Waals surface area (Å²) in [4.78, 5) is 12.1. The van der Waals surface area contributed by atoms with Crippen molar-refractivity contribution in [1.82, 2.24) is 5.32 Å². The van der Waals surface area contributed by atoms with Crippen LogP contribution in [0.15, 0.2) is 42.5 Å². The predicted octanol–water partition coefficient (Wildman–Crippen LogP) is 2.77. The fraction of sp³-hybridized carbons (Fsp3) is 0.125. The quantitative estimate of drug-likeness (QED) is 0.850. The third-order valence-electron chi connectivity index (χ3n) is 3.12. The highest BCUT2D eigenvalue weighted by Gasteiger charge is 2.15. The Labute approximate surface area is 122 Å². The number of carbonyl (C=O) groups excluding carboxylic acids is 1. The van der Waals surface area contributed by atoms with Gasteiger partial charge in [-0.2, -0.15) is 5.26 Å². The first-order valence-corrected chi connectivity index (χ1v) is 6.37. The second-order valence-electron chi connectivity index (χ2n) is 4.67. The van der Waals surface area contributed by atoms with E-state index in [0.29, 0.717) is 11.3 Å². The lowest BCUT2D eigenvalue weighted by atomic mass is 10.1. The fourth-order valence-corrected chi connectivity index (χ4v) is 1.92. The van der Waals surface area contributed by atoms with Crippen LogP contribution in [0.2, 0.25) is 0 Å². The number of anilines is 1. The smallest absolute Gasteiger partial charge is 0.254 e. The van der Waals surface area contributed by atoms with Gasteiger partial charge in [-0.15, -0.1) is 0 Å². The minimum absolute atomic E-state index is 0.0875. The van der Waals surface area contributed by atoms with Gasteiger partial charge in [0.25, 0.3) is 5.91 Å². The topological polar surface area (TPSA) is 78.9 Å². The molecule has 0 saturated carbocycles. The van der Waals surface area contributed by atoms with Crippen molar-refractivity contribution < 1.29 is 9.18 Å². The number of carbonyl (C=O) groups is 1. The number of hydrogen-bond acceptors (Lipinski definition) is 3. The van der Waals surface area contributed by atoms with Crippen LogP contribution in [-0.2, 0) is 0 Å². The molecule has 5 heteroatoms. The van der Waals surface area contributed by atoms with E-state index in [0.717, 1.165) is 11.6 Å². The van der Waals surface area contributed by atoms with Crippen LogP contribution in [0.25, 0.3) is 0 Å². The van der Waals surface area contributed by atoms with Gasteiger partial charge >= 0.3 is 0 Å². The molecule has 4 nitrogen and oxygen atoms in total. The van der Waals surface area contributed by atoms with Crippen molar-refractivity contribution in [1.29, 1.82) is 5.26 Å². The summed E-state index contributed by atoms with van der Waals surface area (Å²) in [5.74, 6) is -1.15. The average Bonchev–Trinajstić information content (AvgIpc) is 2.49. The van der Waals surface area contributed by atoms with Gasteiger partial charge in [0.2, 0.25) is 0 Å². The van der Waals surface area contributed by atoms with Crippen LogP contribution >= 0.6 is 0 Å². The molecule has 21 heavy (non-hydrogen) atoms. The first-order chi connectivity index (χ1) is 10.0. The Bertz CT molecular complexity index is 704. The van der Waals surface area contributed by atoms with Crippen LogP contribution < -0.4 is 11.1 Å². The molecule has 106 valence electrons. The summed E-state index contributed by atoms with van der Waals surface area (Å²) in [5, 5.41) is 11.4. The Kier molecular flexibility index (Phi) is 4.19. The number of benzene rings is 2. The number of amides is 1. The number of nitrogen functional groups attached to an aromatic ring is 1. The monoisotopic (exact) mass is 283 g/mol. The second kappa shape index (κ2) is 6.06.